The largest absolute Gasteiger partial charge is 0.301 e. The Kier molecular flexibility index (Phi) is 2.51. The average Bonchev–Trinajstić information content (AvgIpc) is 3.15. The van der Waals surface area contributed by atoms with E-state index in [4.69, 9.17) is 0 Å². The lowest BCUT2D eigenvalue weighted by Gasteiger charge is -2.07. The summed E-state index contributed by atoms with van der Waals surface area (Å²) in [5.41, 5.74) is 2.39. The first-order chi connectivity index (χ1) is 10.2. The van der Waals surface area contributed by atoms with E-state index in [2.05, 4.69) is 5.10 Å². The SMILES string of the molecule is Cn1nc(C2CC2)c(C=O)c1-n1ccc2cc(F)ccc21. The highest BCUT2D eigenvalue weighted by molar-refractivity contribution is 5.87. The normalized spacial score (nSPS) is 14.8. The van der Waals surface area contributed by atoms with E-state index in [0.717, 1.165) is 41.5 Å². The maximum Gasteiger partial charge on any atom is 0.155 e. The second-order valence-corrected chi connectivity index (χ2v) is 5.53. The van der Waals surface area contributed by atoms with Gasteiger partial charge in [-0.2, -0.15) is 5.10 Å². The first-order valence-electron chi connectivity index (χ1n) is 6.98. The van der Waals surface area contributed by atoms with Crippen LogP contribution in [0, 0.1) is 5.82 Å². The van der Waals surface area contributed by atoms with Crippen LogP contribution >= 0.6 is 0 Å². The summed E-state index contributed by atoms with van der Waals surface area (Å²) in [5, 5.41) is 5.32. The van der Waals surface area contributed by atoms with Crippen molar-refractivity contribution >= 4 is 17.2 Å². The lowest BCUT2D eigenvalue weighted by molar-refractivity contribution is 0.112. The molecule has 2 aromatic heterocycles. The number of rotatable bonds is 3. The second kappa shape index (κ2) is 4.28. The maximum absolute atomic E-state index is 13.3. The van der Waals surface area contributed by atoms with Gasteiger partial charge in [0.05, 0.1) is 16.8 Å². The Morgan fingerprint density at radius 1 is 1.33 bits per heavy atom. The highest BCUT2D eigenvalue weighted by atomic mass is 19.1. The molecule has 5 heteroatoms. The Hall–Kier alpha value is -2.43. The Balaban J connectivity index is 1.98. The van der Waals surface area contributed by atoms with Crippen molar-refractivity contribution in [3.05, 3.63) is 47.5 Å². The Morgan fingerprint density at radius 3 is 2.86 bits per heavy atom. The van der Waals surface area contributed by atoms with Crippen LogP contribution in [0.5, 0.6) is 0 Å². The zero-order valence-corrected chi connectivity index (χ0v) is 11.6. The summed E-state index contributed by atoms with van der Waals surface area (Å²) in [5.74, 6) is 0.887. The highest BCUT2D eigenvalue weighted by Gasteiger charge is 2.31. The topological polar surface area (TPSA) is 39.8 Å². The van der Waals surface area contributed by atoms with E-state index < -0.39 is 0 Å². The van der Waals surface area contributed by atoms with Gasteiger partial charge in [0.1, 0.15) is 11.6 Å². The van der Waals surface area contributed by atoms with Crippen molar-refractivity contribution in [2.75, 3.05) is 0 Å². The Bertz CT molecular complexity index is 858. The summed E-state index contributed by atoms with van der Waals surface area (Å²) in [6, 6.07) is 6.49. The van der Waals surface area contributed by atoms with Gasteiger partial charge in [-0.1, -0.05) is 0 Å². The molecule has 106 valence electrons. The number of halogens is 1. The number of aryl methyl sites for hydroxylation is 1. The number of hydrogen-bond acceptors (Lipinski definition) is 2. The van der Waals surface area contributed by atoms with Crippen LogP contribution in [-0.2, 0) is 7.05 Å². The van der Waals surface area contributed by atoms with Gasteiger partial charge in [-0.3, -0.25) is 9.48 Å². The van der Waals surface area contributed by atoms with Crippen LogP contribution in [0.25, 0.3) is 16.7 Å². The maximum atomic E-state index is 13.3. The number of hydrogen-bond donors (Lipinski definition) is 0. The minimum Gasteiger partial charge on any atom is -0.301 e. The molecule has 4 rings (SSSR count). The molecule has 0 amide bonds. The molecule has 1 aliphatic rings. The predicted octanol–water partition coefficient (Wildman–Crippen LogP) is 3.19. The zero-order valence-electron chi connectivity index (χ0n) is 11.6. The van der Waals surface area contributed by atoms with E-state index in [1.807, 2.05) is 23.9 Å². The molecule has 0 spiro atoms. The van der Waals surface area contributed by atoms with Gasteiger partial charge in [-0.05, 0) is 37.1 Å². The molecule has 0 saturated heterocycles. The minimum atomic E-state index is -0.264. The fourth-order valence-corrected chi connectivity index (χ4v) is 2.91. The standard InChI is InChI=1S/C16H14FN3O/c1-19-16(13(9-21)15(18-19)10-2-3-10)20-7-6-11-8-12(17)4-5-14(11)20/h4-10H,2-3H2,1H3. The van der Waals surface area contributed by atoms with E-state index in [-0.39, 0.29) is 5.82 Å². The minimum absolute atomic E-state index is 0.264. The molecule has 0 aliphatic heterocycles. The third-order valence-electron chi connectivity index (χ3n) is 4.04. The van der Waals surface area contributed by atoms with Gasteiger partial charge in [-0.25, -0.2) is 4.39 Å². The van der Waals surface area contributed by atoms with Crippen molar-refractivity contribution in [3.63, 3.8) is 0 Å². The van der Waals surface area contributed by atoms with Crippen molar-refractivity contribution in [2.24, 2.45) is 7.05 Å². The molecule has 1 fully saturated rings. The van der Waals surface area contributed by atoms with Crippen molar-refractivity contribution in [2.45, 2.75) is 18.8 Å². The number of carbonyl (C=O) groups is 1. The van der Waals surface area contributed by atoms with Gasteiger partial charge in [0.15, 0.2) is 6.29 Å². The van der Waals surface area contributed by atoms with Gasteiger partial charge < -0.3 is 4.57 Å². The number of fused-ring (bicyclic) bond motifs is 1. The summed E-state index contributed by atoms with van der Waals surface area (Å²) in [6.07, 6.45) is 4.92. The van der Waals surface area contributed by atoms with Crippen LogP contribution in [0.3, 0.4) is 0 Å². The predicted molar refractivity (Wildman–Crippen MR) is 77.4 cm³/mol. The highest BCUT2D eigenvalue weighted by Crippen LogP contribution is 2.42. The summed E-state index contributed by atoms with van der Waals surface area (Å²) >= 11 is 0. The van der Waals surface area contributed by atoms with Gasteiger partial charge in [0.25, 0.3) is 0 Å². The van der Waals surface area contributed by atoms with Crippen LogP contribution in [0.15, 0.2) is 30.5 Å². The summed E-state index contributed by atoms with van der Waals surface area (Å²) in [6.45, 7) is 0. The van der Waals surface area contributed by atoms with Crippen LogP contribution in [-0.4, -0.2) is 20.6 Å². The molecule has 0 radical (unpaired) electrons. The van der Waals surface area contributed by atoms with Crippen molar-refractivity contribution < 1.29 is 9.18 Å². The van der Waals surface area contributed by atoms with Gasteiger partial charge in [0.2, 0.25) is 0 Å². The summed E-state index contributed by atoms with van der Waals surface area (Å²) in [7, 11) is 1.84. The molecule has 3 aromatic rings. The van der Waals surface area contributed by atoms with E-state index in [1.165, 1.54) is 12.1 Å². The zero-order chi connectivity index (χ0) is 14.6. The van der Waals surface area contributed by atoms with Crippen LogP contribution in [0.4, 0.5) is 4.39 Å². The van der Waals surface area contributed by atoms with Crippen LogP contribution in [0.2, 0.25) is 0 Å². The fraction of sp³-hybridized carbons (Fsp3) is 0.250. The van der Waals surface area contributed by atoms with E-state index in [9.17, 15) is 9.18 Å². The molecule has 21 heavy (non-hydrogen) atoms. The fourth-order valence-electron chi connectivity index (χ4n) is 2.91. The molecule has 2 heterocycles. The average molecular weight is 283 g/mol. The smallest absolute Gasteiger partial charge is 0.155 e. The molecule has 1 aliphatic carbocycles. The summed E-state index contributed by atoms with van der Waals surface area (Å²) in [4.78, 5) is 11.6. The molecule has 0 unspecified atom stereocenters. The number of aromatic nitrogens is 3. The first kappa shape index (κ1) is 12.3. The van der Waals surface area contributed by atoms with Crippen molar-refractivity contribution in [1.82, 2.24) is 14.3 Å². The molecular weight excluding hydrogens is 269 g/mol. The quantitative estimate of drug-likeness (QED) is 0.692. The second-order valence-electron chi connectivity index (χ2n) is 5.53. The first-order valence-corrected chi connectivity index (χ1v) is 6.98. The van der Waals surface area contributed by atoms with E-state index in [0.29, 0.717) is 11.5 Å². The van der Waals surface area contributed by atoms with Crippen molar-refractivity contribution in [3.8, 4) is 5.82 Å². The van der Waals surface area contributed by atoms with Crippen LogP contribution < -0.4 is 0 Å². The van der Waals surface area contributed by atoms with Crippen molar-refractivity contribution in [1.29, 1.82) is 0 Å². The number of nitrogens with zero attached hydrogens (tertiary/aromatic N) is 3. The molecule has 0 bridgehead atoms. The van der Waals surface area contributed by atoms with Crippen LogP contribution in [0.1, 0.15) is 34.8 Å². The van der Waals surface area contributed by atoms with Gasteiger partial charge in [0, 0.05) is 24.5 Å². The number of benzene rings is 1. The number of aldehydes is 1. The Morgan fingerprint density at radius 2 is 2.14 bits per heavy atom. The molecule has 1 saturated carbocycles. The Labute approximate surface area is 120 Å². The lowest BCUT2D eigenvalue weighted by atomic mass is 10.2. The van der Waals surface area contributed by atoms with Gasteiger partial charge in [-0.15, -0.1) is 0 Å². The monoisotopic (exact) mass is 283 g/mol. The molecular formula is C16H14FN3O. The molecule has 4 nitrogen and oxygen atoms in total. The van der Waals surface area contributed by atoms with E-state index in [1.54, 1.807) is 10.7 Å². The lowest BCUT2D eigenvalue weighted by Crippen LogP contribution is -2.03. The third kappa shape index (κ3) is 1.81. The summed E-state index contributed by atoms with van der Waals surface area (Å²) < 4.78 is 16.9. The molecule has 0 atom stereocenters. The number of carbonyl (C=O) groups excluding carboxylic acids is 1. The molecule has 1 aromatic carbocycles. The van der Waals surface area contributed by atoms with E-state index >= 15 is 0 Å². The van der Waals surface area contributed by atoms with Gasteiger partial charge >= 0.3 is 0 Å². The molecule has 0 N–H and O–H groups in total. The third-order valence-corrected chi connectivity index (χ3v) is 4.04.